The molecule has 144 valence electrons. The van der Waals surface area contributed by atoms with Crippen LogP contribution in [0, 0.1) is 0 Å². The van der Waals surface area contributed by atoms with E-state index in [2.05, 4.69) is 35.6 Å². The number of pyridine rings is 1. The Morgan fingerprint density at radius 2 is 1.97 bits per heavy atom. The van der Waals surface area contributed by atoms with E-state index in [4.69, 9.17) is 4.42 Å². The molecule has 12 heteroatoms. The predicted octanol–water partition coefficient (Wildman–Crippen LogP) is 2.42. The lowest BCUT2D eigenvalue weighted by Gasteiger charge is -2.01. The lowest BCUT2D eigenvalue weighted by Crippen LogP contribution is -2.02. The monoisotopic (exact) mass is 395 g/mol. The number of fused-ring (bicyclic) bond motifs is 1. The molecular weight excluding hydrogens is 384 g/mol. The molecule has 0 N–H and O–H groups in total. The summed E-state index contributed by atoms with van der Waals surface area (Å²) in [5.41, 5.74) is 3.20. The van der Waals surface area contributed by atoms with Crippen molar-refractivity contribution in [2.45, 2.75) is 13.0 Å². The van der Waals surface area contributed by atoms with Crippen LogP contribution in [-0.2, 0) is 6.54 Å². The summed E-state index contributed by atoms with van der Waals surface area (Å²) in [5.74, 6) is -0.733. The Labute approximate surface area is 160 Å². The van der Waals surface area contributed by atoms with Crippen molar-refractivity contribution in [3.05, 3.63) is 60.6 Å². The molecule has 0 saturated carbocycles. The molecule has 0 aliphatic carbocycles. The first-order valence-corrected chi connectivity index (χ1v) is 8.43. The zero-order valence-corrected chi connectivity index (χ0v) is 14.6. The average molecular weight is 395 g/mol. The van der Waals surface area contributed by atoms with Crippen LogP contribution in [0.1, 0.15) is 18.0 Å². The molecule has 0 radical (unpaired) electrons. The van der Waals surface area contributed by atoms with E-state index in [0.29, 0.717) is 29.1 Å². The van der Waals surface area contributed by atoms with E-state index in [-0.39, 0.29) is 5.89 Å². The second kappa shape index (κ2) is 6.82. The molecule has 0 bridgehead atoms. The number of imidazole rings is 1. The first-order chi connectivity index (χ1) is 14.2. The Balaban J connectivity index is 1.34. The van der Waals surface area contributed by atoms with E-state index in [1.807, 2.05) is 6.07 Å². The van der Waals surface area contributed by atoms with Gasteiger partial charge in [0.1, 0.15) is 11.4 Å². The molecule has 29 heavy (non-hydrogen) atoms. The number of aromatic nitrogens is 9. The zero-order chi connectivity index (χ0) is 19.8. The van der Waals surface area contributed by atoms with Gasteiger partial charge in [-0.2, -0.15) is 13.9 Å². The van der Waals surface area contributed by atoms with Gasteiger partial charge < -0.3 is 4.42 Å². The van der Waals surface area contributed by atoms with Crippen molar-refractivity contribution < 1.29 is 13.2 Å². The minimum absolute atomic E-state index is 0.0116. The quantitative estimate of drug-likeness (QED) is 0.446. The molecule has 0 unspecified atom stereocenters. The largest absolute Gasteiger partial charge is 0.415 e. The number of rotatable bonds is 5. The maximum absolute atomic E-state index is 12.6. The van der Waals surface area contributed by atoms with E-state index in [1.165, 1.54) is 6.20 Å². The van der Waals surface area contributed by atoms with Crippen LogP contribution >= 0.6 is 0 Å². The molecule has 5 rings (SSSR count). The summed E-state index contributed by atoms with van der Waals surface area (Å²) in [4.78, 5) is 8.58. The lowest BCUT2D eigenvalue weighted by atomic mass is 10.2. The molecule has 0 aliphatic rings. The normalized spacial score (nSPS) is 11.6. The van der Waals surface area contributed by atoms with Crippen LogP contribution < -0.4 is 0 Å². The fourth-order valence-electron chi connectivity index (χ4n) is 2.75. The molecule has 0 saturated heterocycles. The highest BCUT2D eigenvalue weighted by Crippen LogP contribution is 2.23. The van der Waals surface area contributed by atoms with Crippen LogP contribution in [0.2, 0.25) is 0 Å². The minimum Gasteiger partial charge on any atom is -0.415 e. The van der Waals surface area contributed by atoms with Gasteiger partial charge in [0.05, 0.1) is 30.2 Å². The van der Waals surface area contributed by atoms with Gasteiger partial charge >= 0.3 is 6.43 Å². The van der Waals surface area contributed by atoms with Gasteiger partial charge in [-0.15, -0.1) is 15.3 Å². The highest BCUT2D eigenvalue weighted by atomic mass is 19.3. The van der Waals surface area contributed by atoms with Gasteiger partial charge in [0, 0.05) is 12.4 Å². The third kappa shape index (κ3) is 3.20. The van der Waals surface area contributed by atoms with Crippen molar-refractivity contribution in [2.24, 2.45) is 0 Å². The first-order valence-electron chi connectivity index (χ1n) is 8.43. The van der Waals surface area contributed by atoms with Crippen LogP contribution in [0.3, 0.4) is 0 Å². The maximum atomic E-state index is 12.6. The van der Waals surface area contributed by atoms with E-state index in [0.717, 1.165) is 5.69 Å². The predicted molar refractivity (Wildman–Crippen MR) is 93.6 cm³/mol. The lowest BCUT2D eigenvalue weighted by molar-refractivity contribution is 0.116. The average Bonchev–Trinajstić information content (AvgIpc) is 3.48. The van der Waals surface area contributed by atoms with E-state index in [1.54, 1.807) is 46.0 Å². The van der Waals surface area contributed by atoms with Crippen LogP contribution in [-0.4, -0.2) is 44.8 Å². The molecule has 0 atom stereocenters. The fourth-order valence-corrected chi connectivity index (χ4v) is 2.75. The topological polar surface area (TPSA) is 113 Å². The van der Waals surface area contributed by atoms with Crippen LogP contribution in [0.25, 0.3) is 28.5 Å². The SMILES string of the molecule is FC(F)c1nnc(-c2ccc(Cn3cc(-c4cnc5cccnn45)nn3)nc2)o1. The maximum Gasteiger partial charge on any atom is 0.314 e. The van der Waals surface area contributed by atoms with Crippen molar-refractivity contribution in [1.82, 2.24) is 44.8 Å². The molecule has 0 aliphatic heterocycles. The minimum atomic E-state index is -2.81. The van der Waals surface area contributed by atoms with Gasteiger partial charge in [0.25, 0.3) is 5.89 Å². The molecule has 10 nitrogen and oxygen atoms in total. The highest BCUT2D eigenvalue weighted by molar-refractivity contribution is 5.57. The fraction of sp³-hybridized carbons (Fsp3) is 0.118. The summed E-state index contributed by atoms with van der Waals surface area (Å²) in [6, 6.07) is 7.04. The summed E-state index contributed by atoms with van der Waals surface area (Å²) in [7, 11) is 0. The summed E-state index contributed by atoms with van der Waals surface area (Å²) in [6.45, 7) is 0.365. The summed E-state index contributed by atoms with van der Waals surface area (Å²) in [6.07, 6.45) is 3.78. The molecule has 5 aromatic heterocycles. The Hall–Kier alpha value is -4.09. The van der Waals surface area contributed by atoms with Crippen LogP contribution in [0.15, 0.2) is 53.5 Å². The molecule has 5 aromatic rings. The van der Waals surface area contributed by atoms with Crippen molar-refractivity contribution >= 4 is 5.65 Å². The molecule has 5 heterocycles. The second-order valence-electron chi connectivity index (χ2n) is 6.02. The molecule has 0 amide bonds. The van der Waals surface area contributed by atoms with Gasteiger partial charge in [-0.1, -0.05) is 5.21 Å². The number of hydrogen-bond donors (Lipinski definition) is 0. The Kier molecular flexibility index (Phi) is 4.00. The zero-order valence-electron chi connectivity index (χ0n) is 14.6. The third-order valence-electron chi connectivity index (χ3n) is 4.10. The Morgan fingerprint density at radius 1 is 1.03 bits per heavy atom. The van der Waals surface area contributed by atoms with Crippen LogP contribution in [0.4, 0.5) is 8.78 Å². The molecule has 0 spiro atoms. The van der Waals surface area contributed by atoms with E-state index >= 15 is 0 Å². The Bertz CT molecular complexity index is 1280. The number of halogens is 2. The summed E-state index contributed by atoms with van der Waals surface area (Å²) in [5, 5.41) is 19.4. The van der Waals surface area contributed by atoms with E-state index < -0.39 is 12.3 Å². The van der Waals surface area contributed by atoms with Gasteiger partial charge in [-0.05, 0) is 24.3 Å². The standard InChI is InChI=1S/C17H11F2N9O/c18-15(19)17-25-24-16(29-17)10-3-4-11(20-6-10)8-27-9-12(23-26-27)13-7-21-14-2-1-5-22-28(13)14/h1-7,9,15H,8H2. The number of hydrogen-bond acceptors (Lipinski definition) is 8. The highest BCUT2D eigenvalue weighted by Gasteiger charge is 2.17. The number of alkyl halides is 2. The van der Waals surface area contributed by atoms with Crippen LogP contribution in [0.5, 0.6) is 0 Å². The Morgan fingerprint density at radius 3 is 2.76 bits per heavy atom. The summed E-state index contributed by atoms with van der Waals surface area (Å²) >= 11 is 0. The van der Waals surface area contributed by atoms with Gasteiger partial charge in [0.15, 0.2) is 5.65 Å². The van der Waals surface area contributed by atoms with Crippen molar-refractivity contribution in [3.8, 4) is 22.8 Å². The van der Waals surface area contributed by atoms with Crippen molar-refractivity contribution in [2.75, 3.05) is 0 Å². The number of nitrogens with zero attached hydrogens (tertiary/aromatic N) is 9. The third-order valence-corrected chi connectivity index (χ3v) is 4.10. The molecule has 0 aromatic carbocycles. The molecule has 0 fully saturated rings. The van der Waals surface area contributed by atoms with E-state index in [9.17, 15) is 8.78 Å². The van der Waals surface area contributed by atoms with Crippen molar-refractivity contribution in [3.63, 3.8) is 0 Å². The second-order valence-corrected chi connectivity index (χ2v) is 6.02. The first kappa shape index (κ1) is 17.0. The summed E-state index contributed by atoms with van der Waals surface area (Å²) < 4.78 is 33.3. The molecular formula is C17H11F2N9O. The van der Waals surface area contributed by atoms with Crippen molar-refractivity contribution in [1.29, 1.82) is 0 Å². The van der Waals surface area contributed by atoms with Gasteiger partial charge in [-0.3, -0.25) is 4.98 Å². The van der Waals surface area contributed by atoms with Gasteiger partial charge in [0.2, 0.25) is 5.89 Å². The smallest absolute Gasteiger partial charge is 0.314 e. The van der Waals surface area contributed by atoms with Gasteiger partial charge in [-0.25, -0.2) is 14.2 Å².